The summed E-state index contributed by atoms with van der Waals surface area (Å²) in [6, 6.07) is 1.20. The summed E-state index contributed by atoms with van der Waals surface area (Å²) >= 11 is 0. The Morgan fingerprint density at radius 3 is 2.50 bits per heavy atom. The molecule has 0 bridgehead atoms. The molecule has 0 aromatic carbocycles. The molecule has 82 valence electrons. The summed E-state index contributed by atoms with van der Waals surface area (Å²) < 4.78 is 0. The zero-order chi connectivity index (χ0) is 10.8. The van der Waals surface area contributed by atoms with Crippen molar-refractivity contribution in [2.75, 3.05) is 0 Å². The molecule has 0 saturated heterocycles. The van der Waals surface area contributed by atoms with Crippen LogP contribution >= 0.6 is 0 Å². The van der Waals surface area contributed by atoms with Crippen LogP contribution in [0.4, 0.5) is 0 Å². The van der Waals surface area contributed by atoms with E-state index in [0.29, 0.717) is 17.5 Å². The fraction of sp³-hybridized carbons (Fsp3) is 0.846. The number of rotatable bonds is 2. The van der Waals surface area contributed by atoms with Gasteiger partial charge < -0.3 is 5.32 Å². The van der Waals surface area contributed by atoms with Gasteiger partial charge in [-0.1, -0.05) is 46.3 Å². The molecule has 0 spiro atoms. The van der Waals surface area contributed by atoms with Crippen LogP contribution in [0.1, 0.15) is 53.9 Å². The van der Waals surface area contributed by atoms with Gasteiger partial charge in [-0.15, -0.1) is 0 Å². The molecule has 14 heavy (non-hydrogen) atoms. The Labute approximate surface area is 89.0 Å². The third-order valence-corrected chi connectivity index (χ3v) is 2.87. The van der Waals surface area contributed by atoms with Crippen LogP contribution in [0.2, 0.25) is 0 Å². The molecule has 0 heterocycles. The lowest BCUT2D eigenvalue weighted by molar-refractivity contribution is 0.414. The average Bonchev–Trinajstić information content (AvgIpc) is 2.01. The van der Waals surface area contributed by atoms with Crippen molar-refractivity contribution < 1.29 is 0 Å². The minimum absolute atomic E-state index is 0.358. The molecular formula is C13H25N. The third-order valence-electron chi connectivity index (χ3n) is 2.87. The van der Waals surface area contributed by atoms with Crippen molar-refractivity contribution in [3.63, 3.8) is 0 Å². The lowest BCUT2D eigenvalue weighted by Gasteiger charge is -2.31. The maximum absolute atomic E-state index is 3.61. The van der Waals surface area contributed by atoms with E-state index in [9.17, 15) is 0 Å². The Morgan fingerprint density at radius 1 is 1.36 bits per heavy atom. The topological polar surface area (TPSA) is 12.0 Å². The molecule has 0 radical (unpaired) electrons. The molecule has 0 aliphatic heterocycles. The Balaban J connectivity index is 2.64. The van der Waals surface area contributed by atoms with E-state index in [1.165, 1.54) is 19.3 Å². The van der Waals surface area contributed by atoms with Gasteiger partial charge in [-0.05, 0) is 24.7 Å². The summed E-state index contributed by atoms with van der Waals surface area (Å²) in [5, 5.41) is 3.61. The summed E-state index contributed by atoms with van der Waals surface area (Å²) in [5.41, 5.74) is 1.99. The van der Waals surface area contributed by atoms with Crippen LogP contribution in [0.25, 0.3) is 0 Å². The minimum atomic E-state index is 0.358. The van der Waals surface area contributed by atoms with Gasteiger partial charge in [-0.25, -0.2) is 0 Å². The second kappa shape index (κ2) is 4.48. The van der Waals surface area contributed by atoms with Crippen LogP contribution in [0.3, 0.4) is 0 Å². The van der Waals surface area contributed by atoms with E-state index in [2.05, 4.69) is 46.0 Å². The monoisotopic (exact) mass is 195 g/mol. The highest BCUT2D eigenvalue weighted by atomic mass is 14.9. The lowest BCUT2D eigenvalue weighted by Crippen LogP contribution is -2.35. The van der Waals surface area contributed by atoms with Crippen LogP contribution in [0.5, 0.6) is 0 Å². The van der Waals surface area contributed by atoms with E-state index in [0.717, 1.165) is 0 Å². The van der Waals surface area contributed by atoms with Crippen molar-refractivity contribution in [3.05, 3.63) is 11.6 Å². The zero-order valence-corrected chi connectivity index (χ0v) is 10.4. The highest BCUT2D eigenvalue weighted by Crippen LogP contribution is 2.33. The van der Waals surface area contributed by atoms with Crippen LogP contribution < -0.4 is 5.32 Å². The SMILES string of the molecule is CC(C)NC1C=C(C(C)(C)C)CCC1. The van der Waals surface area contributed by atoms with Gasteiger partial charge in [0, 0.05) is 12.1 Å². The first-order valence-corrected chi connectivity index (χ1v) is 5.87. The van der Waals surface area contributed by atoms with Gasteiger partial charge in [-0.2, -0.15) is 0 Å². The van der Waals surface area contributed by atoms with Gasteiger partial charge in [0.2, 0.25) is 0 Å². The molecule has 1 aliphatic rings. The maximum atomic E-state index is 3.61. The molecule has 0 saturated carbocycles. The summed E-state index contributed by atoms with van der Waals surface area (Å²) in [4.78, 5) is 0. The summed E-state index contributed by atoms with van der Waals surface area (Å²) in [6.45, 7) is 11.4. The molecule has 0 fully saturated rings. The Kier molecular flexibility index (Phi) is 3.77. The van der Waals surface area contributed by atoms with Crippen molar-refractivity contribution >= 4 is 0 Å². The molecule has 1 rings (SSSR count). The fourth-order valence-electron chi connectivity index (χ4n) is 2.11. The van der Waals surface area contributed by atoms with E-state index in [1.807, 2.05) is 0 Å². The Hall–Kier alpha value is -0.300. The van der Waals surface area contributed by atoms with Crippen molar-refractivity contribution in [2.24, 2.45) is 5.41 Å². The van der Waals surface area contributed by atoms with Gasteiger partial charge in [0.05, 0.1) is 0 Å². The highest BCUT2D eigenvalue weighted by molar-refractivity contribution is 5.17. The molecule has 1 unspecified atom stereocenters. The summed E-state index contributed by atoms with van der Waals surface area (Å²) in [7, 11) is 0. The lowest BCUT2D eigenvalue weighted by atomic mass is 9.79. The molecule has 1 atom stereocenters. The first-order chi connectivity index (χ1) is 6.39. The predicted molar refractivity (Wildman–Crippen MR) is 63.4 cm³/mol. The molecular weight excluding hydrogens is 170 g/mol. The summed E-state index contributed by atoms with van der Waals surface area (Å²) in [5.74, 6) is 0. The smallest absolute Gasteiger partial charge is 0.0255 e. The highest BCUT2D eigenvalue weighted by Gasteiger charge is 2.22. The molecule has 1 aliphatic carbocycles. The zero-order valence-electron chi connectivity index (χ0n) is 10.4. The van der Waals surface area contributed by atoms with E-state index in [1.54, 1.807) is 5.57 Å². The van der Waals surface area contributed by atoms with Crippen molar-refractivity contribution in [1.82, 2.24) is 5.32 Å². The van der Waals surface area contributed by atoms with Crippen molar-refractivity contribution in [3.8, 4) is 0 Å². The van der Waals surface area contributed by atoms with E-state index in [4.69, 9.17) is 0 Å². The second-order valence-electron chi connectivity index (χ2n) is 5.76. The Morgan fingerprint density at radius 2 is 2.00 bits per heavy atom. The average molecular weight is 195 g/mol. The standard InChI is InChI=1S/C13H25N/c1-10(2)14-12-8-6-7-11(9-12)13(3,4)5/h9-10,12,14H,6-8H2,1-5H3. The normalized spacial score (nSPS) is 23.9. The largest absolute Gasteiger partial charge is 0.308 e. The van der Waals surface area contributed by atoms with Crippen molar-refractivity contribution in [2.45, 2.75) is 66.0 Å². The molecule has 1 heteroatoms. The van der Waals surface area contributed by atoms with Crippen LogP contribution in [-0.2, 0) is 0 Å². The first kappa shape index (κ1) is 11.8. The van der Waals surface area contributed by atoms with E-state index in [-0.39, 0.29) is 0 Å². The number of allylic oxidation sites excluding steroid dienone is 1. The predicted octanol–water partition coefficient (Wildman–Crippen LogP) is 3.51. The van der Waals surface area contributed by atoms with E-state index >= 15 is 0 Å². The minimum Gasteiger partial charge on any atom is -0.308 e. The first-order valence-electron chi connectivity index (χ1n) is 5.87. The molecule has 0 aromatic heterocycles. The number of hydrogen-bond donors (Lipinski definition) is 1. The van der Waals surface area contributed by atoms with Gasteiger partial charge >= 0.3 is 0 Å². The van der Waals surface area contributed by atoms with Gasteiger partial charge in [0.1, 0.15) is 0 Å². The number of hydrogen-bond acceptors (Lipinski definition) is 1. The van der Waals surface area contributed by atoms with Crippen molar-refractivity contribution in [1.29, 1.82) is 0 Å². The molecule has 0 amide bonds. The van der Waals surface area contributed by atoms with Crippen LogP contribution in [0, 0.1) is 5.41 Å². The van der Waals surface area contributed by atoms with Crippen LogP contribution in [0.15, 0.2) is 11.6 Å². The van der Waals surface area contributed by atoms with Gasteiger partial charge in [-0.3, -0.25) is 0 Å². The third kappa shape index (κ3) is 3.45. The maximum Gasteiger partial charge on any atom is 0.0255 e. The van der Waals surface area contributed by atoms with Gasteiger partial charge in [0.25, 0.3) is 0 Å². The molecule has 0 aromatic rings. The van der Waals surface area contributed by atoms with Gasteiger partial charge in [0.15, 0.2) is 0 Å². The summed E-state index contributed by atoms with van der Waals surface area (Å²) in [6.07, 6.45) is 6.40. The molecule has 1 nitrogen and oxygen atoms in total. The molecule has 1 N–H and O–H groups in total. The quantitative estimate of drug-likeness (QED) is 0.665. The van der Waals surface area contributed by atoms with Crippen LogP contribution in [-0.4, -0.2) is 12.1 Å². The fourth-order valence-corrected chi connectivity index (χ4v) is 2.11. The second-order valence-corrected chi connectivity index (χ2v) is 5.76. The Bertz CT molecular complexity index is 208. The van der Waals surface area contributed by atoms with E-state index < -0.39 is 0 Å². The number of nitrogens with one attached hydrogen (secondary N) is 1.